The summed E-state index contributed by atoms with van der Waals surface area (Å²) in [6.45, 7) is 7.36. The average molecular weight is 426 g/mol. The number of anilines is 1. The highest BCUT2D eigenvalue weighted by molar-refractivity contribution is 6.09. The third kappa shape index (κ3) is 4.09. The molecule has 2 aliphatic heterocycles. The van der Waals surface area contributed by atoms with Gasteiger partial charge >= 0.3 is 0 Å². The summed E-state index contributed by atoms with van der Waals surface area (Å²) in [6, 6.07) is 5.92. The lowest BCUT2D eigenvalue weighted by Gasteiger charge is -2.39. The number of nitrogens with zero attached hydrogens (tertiary/aromatic N) is 2. The van der Waals surface area contributed by atoms with Crippen LogP contribution in [0.1, 0.15) is 81.6 Å². The van der Waals surface area contributed by atoms with E-state index < -0.39 is 5.41 Å². The number of hydrogen-bond acceptors (Lipinski definition) is 3. The summed E-state index contributed by atoms with van der Waals surface area (Å²) in [7, 11) is 1.81. The SMILES string of the molecule is CN1C(=O)C2(CCN(C(=O)CC(C)(C)C)CC2)c2cc(C(=O)NC3CCCC3)ccc21. The van der Waals surface area contributed by atoms with Gasteiger partial charge in [0.15, 0.2) is 0 Å². The zero-order chi connectivity index (χ0) is 22.4. The van der Waals surface area contributed by atoms with Crippen molar-refractivity contribution in [2.24, 2.45) is 5.41 Å². The van der Waals surface area contributed by atoms with Crippen LogP contribution in [0.2, 0.25) is 0 Å². The molecule has 0 unspecified atom stereocenters. The second-order valence-electron chi connectivity index (χ2n) is 10.8. The van der Waals surface area contributed by atoms with Crippen molar-refractivity contribution in [3.8, 4) is 0 Å². The summed E-state index contributed by atoms with van der Waals surface area (Å²) in [5.74, 6) is 0.189. The van der Waals surface area contributed by atoms with E-state index in [0.29, 0.717) is 37.9 Å². The molecule has 1 aromatic rings. The van der Waals surface area contributed by atoms with Gasteiger partial charge in [0.2, 0.25) is 11.8 Å². The Morgan fingerprint density at radius 3 is 2.39 bits per heavy atom. The number of fused-ring (bicyclic) bond motifs is 2. The molecule has 0 atom stereocenters. The maximum Gasteiger partial charge on any atom is 0.251 e. The third-order valence-electron chi connectivity index (χ3n) is 7.19. The van der Waals surface area contributed by atoms with Crippen molar-refractivity contribution in [3.05, 3.63) is 29.3 Å². The second kappa shape index (κ2) is 7.95. The van der Waals surface area contributed by atoms with Gasteiger partial charge in [0, 0.05) is 43.9 Å². The molecule has 2 fully saturated rings. The van der Waals surface area contributed by atoms with Crippen molar-refractivity contribution in [1.82, 2.24) is 10.2 Å². The maximum absolute atomic E-state index is 13.3. The average Bonchev–Trinajstić information content (AvgIpc) is 3.29. The zero-order valence-corrected chi connectivity index (χ0v) is 19.3. The molecule has 168 valence electrons. The number of benzene rings is 1. The Morgan fingerprint density at radius 1 is 1.13 bits per heavy atom. The fourth-order valence-corrected chi connectivity index (χ4v) is 5.42. The van der Waals surface area contributed by atoms with E-state index in [1.54, 1.807) is 4.90 Å². The molecule has 1 aliphatic carbocycles. The van der Waals surface area contributed by atoms with Gasteiger partial charge in [-0.2, -0.15) is 0 Å². The second-order valence-corrected chi connectivity index (χ2v) is 10.8. The van der Waals surface area contributed by atoms with Crippen molar-refractivity contribution in [2.45, 2.75) is 77.2 Å². The Bertz CT molecular complexity index is 888. The fourth-order valence-electron chi connectivity index (χ4n) is 5.42. The summed E-state index contributed by atoms with van der Waals surface area (Å²) in [5, 5.41) is 3.15. The lowest BCUT2D eigenvalue weighted by molar-refractivity contribution is -0.137. The van der Waals surface area contributed by atoms with Crippen LogP contribution in [0, 0.1) is 5.41 Å². The molecule has 31 heavy (non-hydrogen) atoms. The number of nitrogens with one attached hydrogen (secondary N) is 1. The Kier molecular flexibility index (Phi) is 5.61. The van der Waals surface area contributed by atoms with Crippen LogP contribution < -0.4 is 10.2 Å². The normalized spacial score (nSPS) is 21.0. The van der Waals surface area contributed by atoms with Gasteiger partial charge in [0.25, 0.3) is 5.91 Å². The van der Waals surface area contributed by atoms with Crippen molar-refractivity contribution >= 4 is 23.4 Å². The Balaban J connectivity index is 1.54. The van der Waals surface area contributed by atoms with Gasteiger partial charge in [0.1, 0.15) is 0 Å². The molecule has 3 aliphatic rings. The molecule has 3 amide bonds. The Morgan fingerprint density at radius 2 is 1.77 bits per heavy atom. The Hall–Kier alpha value is -2.37. The predicted octanol–water partition coefficient (Wildman–Crippen LogP) is 3.63. The van der Waals surface area contributed by atoms with Crippen LogP contribution in [0.4, 0.5) is 5.69 Å². The molecule has 1 spiro atoms. The number of carbonyl (C=O) groups excluding carboxylic acids is 3. The smallest absolute Gasteiger partial charge is 0.251 e. The summed E-state index contributed by atoms with van der Waals surface area (Å²) in [5.41, 5.74) is 1.77. The van der Waals surface area contributed by atoms with E-state index in [2.05, 4.69) is 26.1 Å². The van der Waals surface area contributed by atoms with Gasteiger partial charge < -0.3 is 15.1 Å². The molecule has 0 bridgehead atoms. The summed E-state index contributed by atoms with van der Waals surface area (Å²) in [6.07, 6.45) is 6.14. The van der Waals surface area contributed by atoms with Crippen LogP contribution in [0.3, 0.4) is 0 Å². The molecule has 0 aromatic heterocycles. The molecule has 1 saturated carbocycles. The molecule has 0 radical (unpaired) electrons. The number of carbonyl (C=O) groups is 3. The van der Waals surface area contributed by atoms with Crippen LogP contribution in [-0.4, -0.2) is 48.8 Å². The first kappa shape index (κ1) is 21.8. The van der Waals surface area contributed by atoms with Gasteiger partial charge in [0.05, 0.1) is 5.41 Å². The van der Waals surface area contributed by atoms with Gasteiger partial charge in [-0.3, -0.25) is 14.4 Å². The highest BCUT2D eigenvalue weighted by Crippen LogP contribution is 2.48. The molecule has 1 saturated heterocycles. The van der Waals surface area contributed by atoms with Crippen molar-refractivity contribution in [1.29, 1.82) is 0 Å². The van der Waals surface area contributed by atoms with Crippen molar-refractivity contribution in [3.63, 3.8) is 0 Å². The van der Waals surface area contributed by atoms with E-state index >= 15 is 0 Å². The van der Waals surface area contributed by atoms with E-state index in [1.807, 2.05) is 30.1 Å². The fraction of sp³-hybridized carbons (Fsp3) is 0.640. The summed E-state index contributed by atoms with van der Waals surface area (Å²) in [4.78, 5) is 42.5. The lowest BCUT2D eigenvalue weighted by atomic mass is 9.73. The zero-order valence-electron chi connectivity index (χ0n) is 19.3. The van der Waals surface area contributed by atoms with E-state index in [1.165, 1.54) is 12.8 Å². The lowest BCUT2D eigenvalue weighted by Crippen LogP contribution is -2.50. The quantitative estimate of drug-likeness (QED) is 0.804. The van der Waals surface area contributed by atoms with E-state index in [0.717, 1.165) is 24.1 Å². The van der Waals surface area contributed by atoms with Gasteiger partial charge in [-0.15, -0.1) is 0 Å². The number of likely N-dealkylation sites (N-methyl/N-ethyl adjacent to an activating group) is 1. The summed E-state index contributed by atoms with van der Waals surface area (Å²) >= 11 is 0. The van der Waals surface area contributed by atoms with Gasteiger partial charge in [-0.05, 0) is 54.9 Å². The minimum absolute atomic E-state index is 0.0513. The molecular formula is C25H35N3O3. The first-order valence-corrected chi connectivity index (χ1v) is 11.6. The van der Waals surface area contributed by atoms with Crippen LogP contribution in [0.15, 0.2) is 18.2 Å². The Labute approximate surface area is 185 Å². The number of amides is 3. The minimum Gasteiger partial charge on any atom is -0.349 e. The minimum atomic E-state index is -0.633. The number of rotatable bonds is 3. The maximum atomic E-state index is 13.3. The van der Waals surface area contributed by atoms with Gasteiger partial charge in [-0.1, -0.05) is 33.6 Å². The molecular weight excluding hydrogens is 390 g/mol. The topological polar surface area (TPSA) is 69.7 Å². The molecule has 1 N–H and O–H groups in total. The standard InChI is InChI=1S/C25H35N3O3/c1-24(2,3)16-21(29)28-13-11-25(12-14-28)19-15-17(9-10-20(19)27(4)23(25)31)22(30)26-18-7-5-6-8-18/h9-10,15,18H,5-8,11-14,16H2,1-4H3,(H,26,30). The molecule has 2 heterocycles. The van der Waals surface area contributed by atoms with Crippen molar-refractivity contribution < 1.29 is 14.4 Å². The third-order valence-corrected chi connectivity index (χ3v) is 7.19. The monoisotopic (exact) mass is 425 g/mol. The molecule has 6 nitrogen and oxygen atoms in total. The largest absolute Gasteiger partial charge is 0.349 e. The molecule has 6 heteroatoms. The van der Waals surface area contributed by atoms with E-state index in [9.17, 15) is 14.4 Å². The molecule has 1 aromatic carbocycles. The van der Waals surface area contributed by atoms with Crippen LogP contribution in [0.25, 0.3) is 0 Å². The predicted molar refractivity (Wildman–Crippen MR) is 121 cm³/mol. The number of piperidine rings is 1. The van der Waals surface area contributed by atoms with Crippen LogP contribution in [-0.2, 0) is 15.0 Å². The first-order valence-electron chi connectivity index (χ1n) is 11.6. The van der Waals surface area contributed by atoms with Crippen molar-refractivity contribution in [2.75, 3.05) is 25.0 Å². The van der Waals surface area contributed by atoms with Gasteiger partial charge in [-0.25, -0.2) is 0 Å². The first-order chi connectivity index (χ1) is 14.6. The number of hydrogen-bond donors (Lipinski definition) is 1. The highest BCUT2D eigenvalue weighted by Gasteiger charge is 2.51. The van der Waals surface area contributed by atoms with Crippen LogP contribution >= 0.6 is 0 Å². The van der Waals surface area contributed by atoms with E-state index in [4.69, 9.17) is 0 Å². The summed E-state index contributed by atoms with van der Waals surface area (Å²) < 4.78 is 0. The molecule has 4 rings (SSSR count). The van der Waals surface area contributed by atoms with Crippen LogP contribution in [0.5, 0.6) is 0 Å². The highest BCUT2D eigenvalue weighted by atomic mass is 16.2. The number of likely N-dealkylation sites (tertiary alicyclic amines) is 1. The van der Waals surface area contributed by atoms with E-state index in [-0.39, 0.29) is 29.2 Å².